The van der Waals surface area contributed by atoms with Gasteiger partial charge in [0.2, 0.25) is 15.9 Å². The van der Waals surface area contributed by atoms with Crippen molar-refractivity contribution in [1.29, 1.82) is 0 Å². The van der Waals surface area contributed by atoms with E-state index >= 15 is 0 Å². The molecule has 3 amide bonds. The summed E-state index contributed by atoms with van der Waals surface area (Å²) in [6.45, 7) is 3.75. The maximum Gasteiger partial charge on any atom is 0.262 e. The minimum Gasteiger partial charge on any atom is -0.324 e. The molecule has 1 aliphatic rings. The van der Waals surface area contributed by atoms with Crippen molar-refractivity contribution in [3.05, 3.63) is 59.7 Å². The number of sulfonamides is 1. The second kappa shape index (κ2) is 7.76. The van der Waals surface area contributed by atoms with Crippen molar-refractivity contribution in [3.8, 4) is 0 Å². The zero-order valence-corrected chi connectivity index (χ0v) is 16.8. The van der Waals surface area contributed by atoms with E-state index in [1.165, 1.54) is 24.3 Å². The molecule has 3 N–H and O–H groups in total. The second-order valence-corrected chi connectivity index (χ2v) is 8.79. The number of fused-ring (bicyclic) bond motifs is 1. The summed E-state index contributed by atoms with van der Waals surface area (Å²) in [7, 11) is -3.94. The van der Waals surface area contributed by atoms with Crippen LogP contribution in [0.1, 0.15) is 41.0 Å². The summed E-state index contributed by atoms with van der Waals surface area (Å²) in [5.41, 5.74) is 0.720. The van der Waals surface area contributed by atoms with Gasteiger partial charge in [-0.1, -0.05) is 32.0 Å². The van der Waals surface area contributed by atoms with E-state index in [1.807, 2.05) is 13.8 Å². The Morgan fingerprint density at radius 2 is 1.62 bits per heavy atom. The molecule has 0 unspecified atom stereocenters. The topological polar surface area (TPSA) is 127 Å². The minimum absolute atomic E-state index is 0.0193. The summed E-state index contributed by atoms with van der Waals surface area (Å²) in [6, 6.07) is 10.8. The molecule has 2 aromatic carbocycles. The number of rotatable bonds is 6. The summed E-state index contributed by atoms with van der Waals surface area (Å²) in [5, 5.41) is 7.73. The SMILES string of the molecule is CC(C)C[C@@H](C(=O)Nc1cccc(S(N)(=O)=O)c1)N1C(=O)c2ccccc2C1=O. The van der Waals surface area contributed by atoms with Gasteiger partial charge in [0.15, 0.2) is 0 Å². The number of hydrogen-bond donors (Lipinski definition) is 2. The quantitative estimate of drug-likeness (QED) is 0.698. The number of carbonyl (C=O) groups is 3. The average molecular weight is 415 g/mol. The monoisotopic (exact) mass is 415 g/mol. The first-order chi connectivity index (χ1) is 13.6. The van der Waals surface area contributed by atoms with E-state index in [0.717, 1.165) is 4.90 Å². The van der Waals surface area contributed by atoms with Crippen molar-refractivity contribution >= 4 is 33.4 Å². The molecule has 1 aliphatic heterocycles. The smallest absolute Gasteiger partial charge is 0.262 e. The highest BCUT2D eigenvalue weighted by Crippen LogP contribution is 2.27. The van der Waals surface area contributed by atoms with E-state index in [9.17, 15) is 22.8 Å². The van der Waals surface area contributed by atoms with E-state index < -0.39 is 33.8 Å². The minimum atomic E-state index is -3.94. The van der Waals surface area contributed by atoms with Crippen LogP contribution in [0.15, 0.2) is 53.4 Å². The van der Waals surface area contributed by atoms with Crippen LogP contribution in [0.2, 0.25) is 0 Å². The first-order valence-corrected chi connectivity index (χ1v) is 10.5. The molecule has 1 atom stereocenters. The lowest BCUT2D eigenvalue weighted by atomic mass is 10.0. The summed E-state index contributed by atoms with van der Waals surface area (Å²) in [4.78, 5) is 39.4. The van der Waals surface area contributed by atoms with Crippen LogP contribution in [0.5, 0.6) is 0 Å². The zero-order valence-electron chi connectivity index (χ0n) is 16.0. The number of hydrogen-bond acceptors (Lipinski definition) is 5. The third-order valence-corrected chi connectivity index (χ3v) is 5.48. The molecule has 152 valence electrons. The Balaban J connectivity index is 1.91. The normalized spacial score (nSPS) is 14.8. The largest absolute Gasteiger partial charge is 0.324 e. The van der Waals surface area contributed by atoms with Crippen LogP contribution >= 0.6 is 0 Å². The number of anilines is 1. The molecular weight excluding hydrogens is 394 g/mol. The Hall–Kier alpha value is -3.04. The van der Waals surface area contributed by atoms with Crippen LogP contribution < -0.4 is 10.5 Å². The number of nitrogens with zero attached hydrogens (tertiary/aromatic N) is 1. The van der Waals surface area contributed by atoms with Gasteiger partial charge in [0, 0.05) is 5.69 Å². The molecule has 0 aromatic heterocycles. The Morgan fingerprint density at radius 3 is 2.14 bits per heavy atom. The van der Waals surface area contributed by atoms with E-state index in [-0.39, 0.29) is 34.0 Å². The van der Waals surface area contributed by atoms with Crippen LogP contribution in [0.3, 0.4) is 0 Å². The van der Waals surface area contributed by atoms with Gasteiger partial charge in [0.25, 0.3) is 11.8 Å². The van der Waals surface area contributed by atoms with Crippen molar-refractivity contribution in [3.63, 3.8) is 0 Å². The molecule has 0 bridgehead atoms. The maximum atomic E-state index is 13.0. The van der Waals surface area contributed by atoms with Crippen LogP contribution in [0.25, 0.3) is 0 Å². The number of amides is 3. The third-order valence-electron chi connectivity index (χ3n) is 4.56. The standard InChI is InChI=1S/C20H21N3O5S/c1-12(2)10-17(23-19(25)15-8-3-4-9-16(15)20(23)26)18(24)22-13-6-5-7-14(11-13)29(21,27)28/h3-9,11-12,17H,10H2,1-2H3,(H,22,24)(H2,21,27,28)/t17-/m0/s1. The number of carbonyl (C=O) groups excluding carboxylic acids is 3. The molecule has 0 aliphatic carbocycles. The zero-order chi connectivity index (χ0) is 21.3. The highest BCUT2D eigenvalue weighted by Gasteiger charge is 2.42. The van der Waals surface area contributed by atoms with Gasteiger partial charge in [-0.2, -0.15) is 0 Å². The summed E-state index contributed by atoms with van der Waals surface area (Å²) < 4.78 is 23.1. The molecule has 8 nitrogen and oxygen atoms in total. The number of benzene rings is 2. The van der Waals surface area contributed by atoms with Crippen LogP contribution in [0, 0.1) is 5.92 Å². The van der Waals surface area contributed by atoms with E-state index in [2.05, 4.69) is 5.32 Å². The summed E-state index contributed by atoms with van der Waals surface area (Å²) in [6.07, 6.45) is 0.256. The van der Waals surface area contributed by atoms with Gasteiger partial charge in [0.05, 0.1) is 16.0 Å². The Bertz CT molecular complexity index is 1060. The molecule has 0 fully saturated rings. The predicted molar refractivity (Wildman–Crippen MR) is 107 cm³/mol. The number of imide groups is 1. The van der Waals surface area contributed by atoms with Crippen molar-refractivity contribution in [2.45, 2.75) is 31.2 Å². The highest BCUT2D eigenvalue weighted by atomic mass is 32.2. The fourth-order valence-electron chi connectivity index (χ4n) is 3.24. The van der Waals surface area contributed by atoms with Gasteiger partial charge in [0.1, 0.15) is 6.04 Å². The summed E-state index contributed by atoms with van der Waals surface area (Å²) in [5.74, 6) is -1.61. The molecule has 2 aromatic rings. The lowest BCUT2D eigenvalue weighted by Crippen LogP contribution is -2.47. The average Bonchev–Trinajstić information content (AvgIpc) is 2.90. The Kier molecular flexibility index (Phi) is 5.54. The molecule has 0 radical (unpaired) electrons. The molecule has 0 saturated carbocycles. The fourth-order valence-corrected chi connectivity index (χ4v) is 3.80. The fraction of sp³-hybridized carbons (Fsp3) is 0.250. The van der Waals surface area contributed by atoms with Gasteiger partial charge in [-0.05, 0) is 42.7 Å². The van der Waals surface area contributed by atoms with Crippen molar-refractivity contribution in [2.75, 3.05) is 5.32 Å². The number of nitrogens with two attached hydrogens (primary N) is 1. The lowest BCUT2D eigenvalue weighted by molar-refractivity contribution is -0.120. The van der Waals surface area contributed by atoms with E-state index in [4.69, 9.17) is 5.14 Å². The third kappa shape index (κ3) is 4.20. The van der Waals surface area contributed by atoms with Gasteiger partial charge < -0.3 is 5.32 Å². The second-order valence-electron chi connectivity index (χ2n) is 7.23. The van der Waals surface area contributed by atoms with E-state index in [0.29, 0.717) is 0 Å². The Morgan fingerprint density at radius 1 is 1.03 bits per heavy atom. The van der Waals surface area contributed by atoms with Crippen molar-refractivity contribution in [1.82, 2.24) is 4.90 Å². The van der Waals surface area contributed by atoms with Gasteiger partial charge in [-0.15, -0.1) is 0 Å². The summed E-state index contributed by atoms with van der Waals surface area (Å²) >= 11 is 0. The van der Waals surface area contributed by atoms with Gasteiger partial charge >= 0.3 is 0 Å². The molecule has 1 heterocycles. The predicted octanol–water partition coefficient (Wildman–Crippen LogP) is 1.98. The van der Waals surface area contributed by atoms with Crippen LogP contribution in [0.4, 0.5) is 5.69 Å². The molecule has 0 spiro atoms. The van der Waals surface area contributed by atoms with Crippen molar-refractivity contribution in [2.24, 2.45) is 11.1 Å². The first kappa shape index (κ1) is 20.7. The number of primary sulfonamides is 1. The molecular formula is C20H21N3O5S. The van der Waals surface area contributed by atoms with Crippen LogP contribution in [-0.4, -0.2) is 37.1 Å². The maximum absolute atomic E-state index is 13.0. The first-order valence-electron chi connectivity index (χ1n) is 9.00. The Labute approximate surface area is 168 Å². The van der Waals surface area contributed by atoms with Crippen molar-refractivity contribution < 1.29 is 22.8 Å². The van der Waals surface area contributed by atoms with Gasteiger partial charge in [-0.3, -0.25) is 19.3 Å². The lowest BCUT2D eigenvalue weighted by Gasteiger charge is -2.26. The van der Waals surface area contributed by atoms with E-state index in [1.54, 1.807) is 24.3 Å². The molecule has 0 saturated heterocycles. The highest BCUT2D eigenvalue weighted by molar-refractivity contribution is 7.89. The number of nitrogens with one attached hydrogen (secondary N) is 1. The van der Waals surface area contributed by atoms with Crippen LogP contribution in [-0.2, 0) is 14.8 Å². The molecule has 9 heteroatoms. The molecule has 29 heavy (non-hydrogen) atoms. The van der Waals surface area contributed by atoms with Gasteiger partial charge in [-0.25, -0.2) is 13.6 Å². The molecule has 3 rings (SSSR count).